The highest BCUT2D eigenvalue weighted by Gasteiger charge is 2.22. The fourth-order valence-electron chi connectivity index (χ4n) is 2.28. The van der Waals surface area contributed by atoms with Crippen LogP contribution in [0.2, 0.25) is 0 Å². The third kappa shape index (κ3) is 3.27. The zero-order valence-corrected chi connectivity index (χ0v) is 11.9. The standard InChI is InChI=1S/C12H17N3O4S/c1-15-5-4-8(7-15)14-11-3-2-9(20(13,18)19)6-10(11)12(16)17/h2-3,6,8,14H,4-5,7H2,1H3,(H,16,17)(H2,13,18,19). The maximum absolute atomic E-state index is 11.3. The summed E-state index contributed by atoms with van der Waals surface area (Å²) in [6, 6.07) is 3.99. The Hall–Kier alpha value is -1.64. The van der Waals surface area contributed by atoms with E-state index in [1.807, 2.05) is 7.05 Å². The zero-order valence-electron chi connectivity index (χ0n) is 11.0. The Labute approximate surface area is 117 Å². The smallest absolute Gasteiger partial charge is 0.337 e. The number of primary sulfonamides is 1. The summed E-state index contributed by atoms with van der Waals surface area (Å²) in [6.45, 7) is 1.76. The summed E-state index contributed by atoms with van der Waals surface area (Å²) in [5.41, 5.74) is 0.316. The Morgan fingerprint density at radius 3 is 2.70 bits per heavy atom. The molecule has 1 aromatic carbocycles. The van der Waals surface area contributed by atoms with Gasteiger partial charge in [0.1, 0.15) is 0 Å². The van der Waals surface area contributed by atoms with Crippen molar-refractivity contribution in [3.05, 3.63) is 23.8 Å². The highest BCUT2D eigenvalue weighted by atomic mass is 32.2. The Morgan fingerprint density at radius 1 is 1.50 bits per heavy atom. The molecule has 0 aliphatic carbocycles. The predicted octanol–water partition coefficient (Wildman–Crippen LogP) is 0.148. The van der Waals surface area contributed by atoms with E-state index < -0.39 is 16.0 Å². The average molecular weight is 299 g/mol. The van der Waals surface area contributed by atoms with Gasteiger partial charge in [0.25, 0.3) is 0 Å². The van der Waals surface area contributed by atoms with E-state index in [1.165, 1.54) is 12.1 Å². The van der Waals surface area contributed by atoms with E-state index in [9.17, 15) is 18.3 Å². The van der Waals surface area contributed by atoms with E-state index in [1.54, 1.807) is 0 Å². The second-order valence-electron chi connectivity index (χ2n) is 4.95. The minimum atomic E-state index is -3.91. The van der Waals surface area contributed by atoms with Crippen LogP contribution in [0.5, 0.6) is 0 Å². The number of likely N-dealkylation sites (tertiary alicyclic amines) is 1. The molecule has 4 N–H and O–H groups in total. The molecule has 2 rings (SSSR count). The Kier molecular flexibility index (Phi) is 3.98. The number of rotatable bonds is 4. The normalized spacial score (nSPS) is 20.0. The van der Waals surface area contributed by atoms with Crippen molar-refractivity contribution in [3.8, 4) is 0 Å². The van der Waals surface area contributed by atoms with Crippen molar-refractivity contribution in [1.29, 1.82) is 0 Å². The molecule has 8 heteroatoms. The molecule has 0 bridgehead atoms. The Bertz CT molecular complexity index is 630. The summed E-state index contributed by atoms with van der Waals surface area (Å²) in [5, 5.41) is 17.3. The van der Waals surface area contributed by atoms with Crippen molar-refractivity contribution in [3.63, 3.8) is 0 Å². The molecule has 1 aromatic rings. The molecule has 1 saturated heterocycles. The number of carboxylic acids is 1. The van der Waals surface area contributed by atoms with Crippen LogP contribution in [0.1, 0.15) is 16.8 Å². The van der Waals surface area contributed by atoms with Gasteiger partial charge in [-0.25, -0.2) is 18.4 Å². The number of carbonyl (C=O) groups is 1. The van der Waals surface area contributed by atoms with Gasteiger partial charge < -0.3 is 15.3 Å². The van der Waals surface area contributed by atoms with Crippen LogP contribution in [-0.4, -0.2) is 50.6 Å². The summed E-state index contributed by atoms with van der Waals surface area (Å²) in [5.74, 6) is -1.19. The molecule has 1 aliphatic heterocycles. The predicted molar refractivity (Wildman–Crippen MR) is 74.3 cm³/mol. The number of hydrogen-bond donors (Lipinski definition) is 3. The summed E-state index contributed by atoms with van der Waals surface area (Å²) in [4.78, 5) is 13.2. The SMILES string of the molecule is CN1CCC(Nc2ccc(S(N)(=O)=O)cc2C(=O)O)C1. The van der Waals surface area contributed by atoms with E-state index >= 15 is 0 Å². The molecule has 0 saturated carbocycles. The summed E-state index contributed by atoms with van der Waals surface area (Å²) in [6.07, 6.45) is 0.909. The van der Waals surface area contributed by atoms with Crippen LogP contribution in [0, 0.1) is 0 Å². The first-order chi connectivity index (χ1) is 9.27. The van der Waals surface area contributed by atoms with Gasteiger partial charge in [-0.2, -0.15) is 0 Å². The number of nitrogens with two attached hydrogens (primary N) is 1. The Balaban J connectivity index is 2.31. The number of anilines is 1. The van der Waals surface area contributed by atoms with Crippen molar-refractivity contribution in [2.45, 2.75) is 17.4 Å². The largest absolute Gasteiger partial charge is 0.478 e. The molecule has 1 atom stereocenters. The molecule has 1 fully saturated rings. The minimum absolute atomic E-state index is 0.0916. The molecule has 0 amide bonds. The van der Waals surface area contributed by atoms with Crippen molar-refractivity contribution in [2.75, 3.05) is 25.5 Å². The molecular formula is C12H17N3O4S. The van der Waals surface area contributed by atoms with Crippen LogP contribution < -0.4 is 10.5 Å². The van der Waals surface area contributed by atoms with Gasteiger partial charge >= 0.3 is 5.97 Å². The van der Waals surface area contributed by atoms with Gasteiger partial charge in [0, 0.05) is 18.3 Å². The third-order valence-electron chi connectivity index (χ3n) is 3.30. The highest BCUT2D eigenvalue weighted by Crippen LogP contribution is 2.22. The van der Waals surface area contributed by atoms with Crippen LogP contribution in [0.3, 0.4) is 0 Å². The van der Waals surface area contributed by atoms with E-state index in [4.69, 9.17) is 5.14 Å². The number of nitrogens with zero attached hydrogens (tertiary/aromatic N) is 1. The summed E-state index contributed by atoms with van der Waals surface area (Å²) < 4.78 is 22.5. The highest BCUT2D eigenvalue weighted by molar-refractivity contribution is 7.89. The van der Waals surface area contributed by atoms with Gasteiger partial charge in [-0.15, -0.1) is 0 Å². The van der Waals surface area contributed by atoms with E-state index in [0.717, 1.165) is 25.6 Å². The fourth-order valence-corrected chi connectivity index (χ4v) is 2.82. The fraction of sp³-hybridized carbons (Fsp3) is 0.417. The van der Waals surface area contributed by atoms with Gasteiger partial charge in [-0.05, 0) is 38.2 Å². The lowest BCUT2D eigenvalue weighted by atomic mass is 10.1. The average Bonchev–Trinajstić information content (AvgIpc) is 2.73. The molecule has 20 heavy (non-hydrogen) atoms. The van der Waals surface area contributed by atoms with Crippen LogP contribution in [0.25, 0.3) is 0 Å². The molecule has 0 radical (unpaired) electrons. The van der Waals surface area contributed by atoms with Crippen molar-refractivity contribution >= 4 is 21.7 Å². The van der Waals surface area contributed by atoms with Gasteiger partial charge in [-0.3, -0.25) is 0 Å². The van der Waals surface area contributed by atoms with Gasteiger partial charge in [0.05, 0.1) is 10.5 Å². The van der Waals surface area contributed by atoms with Crippen molar-refractivity contribution in [2.24, 2.45) is 5.14 Å². The number of likely N-dealkylation sites (N-methyl/N-ethyl adjacent to an activating group) is 1. The van der Waals surface area contributed by atoms with Crippen LogP contribution >= 0.6 is 0 Å². The van der Waals surface area contributed by atoms with Gasteiger partial charge in [0.2, 0.25) is 10.0 Å². The second-order valence-corrected chi connectivity index (χ2v) is 6.51. The van der Waals surface area contributed by atoms with Gasteiger partial charge in [-0.1, -0.05) is 0 Å². The molecule has 1 unspecified atom stereocenters. The number of benzene rings is 1. The van der Waals surface area contributed by atoms with Crippen LogP contribution in [0.15, 0.2) is 23.1 Å². The lowest BCUT2D eigenvalue weighted by molar-refractivity contribution is 0.0697. The third-order valence-corrected chi connectivity index (χ3v) is 4.21. The van der Waals surface area contributed by atoms with Gasteiger partial charge in [0.15, 0.2) is 0 Å². The molecule has 110 valence electrons. The number of carboxylic acid groups (broad SMARTS) is 1. The molecular weight excluding hydrogens is 282 g/mol. The number of hydrogen-bond acceptors (Lipinski definition) is 5. The lowest BCUT2D eigenvalue weighted by Crippen LogP contribution is -2.24. The number of aromatic carboxylic acids is 1. The summed E-state index contributed by atoms with van der Waals surface area (Å²) in [7, 11) is -1.92. The summed E-state index contributed by atoms with van der Waals surface area (Å²) >= 11 is 0. The van der Waals surface area contributed by atoms with Crippen molar-refractivity contribution in [1.82, 2.24) is 4.90 Å². The molecule has 1 aliphatic rings. The van der Waals surface area contributed by atoms with Crippen LogP contribution in [0.4, 0.5) is 5.69 Å². The maximum atomic E-state index is 11.3. The zero-order chi connectivity index (χ0) is 14.9. The van der Waals surface area contributed by atoms with Crippen LogP contribution in [-0.2, 0) is 10.0 Å². The van der Waals surface area contributed by atoms with E-state index in [-0.39, 0.29) is 16.5 Å². The second kappa shape index (κ2) is 5.39. The quantitative estimate of drug-likeness (QED) is 0.729. The molecule has 0 spiro atoms. The first-order valence-corrected chi connectivity index (χ1v) is 7.67. The van der Waals surface area contributed by atoms with E-state index in [2.05, 4.69) is 10.2 Å². The number of sulfonamides is 1. The topological polar surface area (TPSA) is 113 Å². The minimum Gasteiger partial charge on any atom is -0.478 e. The molecule has 1 heterocycles. The van der Waals surface area contributed by atoms with E-state index in [0.29, 0.717) is 5.69 Å². The first kappa shape index (κ1) is 14.8. The first-order valence-electron chi connectivity index (χ1n) is 6.12. The molecule has 7 nitrogen and oxygen atoms in total. The monoisotopic (exact) mass is 299 g/mol. The van der Waals surface area contributed by atoms with Crippen molar-refractivity contribution < 1.29 is 18.3 Å². The maximum Gasteiger partial charge on any atom is 0.337 e. The Morgan fingerprint density at radius 2 is 2.20 bits per heavy atom. The number of nitrogens with one attached hydrogen (secondary N) is 1. The molecule has 0 aromatic heterocycles. The lowest BCUT2D eigenvalue weighted by Gasteiger charge is -2.16.